The molecule has 1 aliphatic heterocycles. The van der Waals surface area contributed by atoms with E-state index in [1.807, 2.05) is 0 Å². The summed E-state index contributed by atoms with van der Waals surface area (Å²) in [4.78, 5) is 15.8. The Balaban J connectivity index is 2.03. The Morgan fingerprint density at radius 2 is 2.28 bits per heavy atom. The van der Waals surface area contributed by atoms with Crippen molar-refractivity contribution in [2.45, 2.75) is 18.9 Å². The number of aromatic nitrogens is 1. The molecule has 1 unspecified atom stereocenters. The molecule has 2 rings (SSSR count). The van der Waals surface area contributed by atoms with Crippen molar-refractivity contribution in [2.24, 2.45) is 0 Å². The van der Waals surface area contributed by atoms with Crippen LogP contribution in [0.2, 0.25) is 0 Å². The number of carbonyl (C=O) groups is 1. The van der Waals surface area contributed by atoms with Crippen molar-refractivity contribution >= 4 is 21.4 Å². The molecule has 1 aromatic rings. The number of carbonyl (C=O) groups excluding carboxylic acids is 1. The van der Waals surface area contributed by atoms with Crippen LogP contribution in [0, 0.1) is 0 Å². The molecule has 0 aromatic carbocycles. The first-order valence-corrected chi connectivity index (χ1v) is 7.51. The smallest absolute Gasteiger partial charge is 0.270 e. The van der Waals surface area contributed by atoms with Crippen LogP contribution in [0.4, 0.5) is 5.69 Å². The molecule has 1 amide bonds. The number of pyridine rings is 1. The van der Waals surface area contributed by atoms with E-state index in [2.05, 4.69) is 10.3 Å². The second-order valence-corrected chi connectivity index (χ2v) is 6.63. The lowest BCUT2D eigenvalue weighted by atomic mass is 10.2. The number of nitrogens with zero attached hydrogens (tertiary/aromatic N) is 1. The number of nitrogens with two attached hydrogens (primary N) is 1. The Kier molecular flexibility index (Phi) is 3.51. The van der Waals surface area contributed by atoms with E-state index in [0.717, 1.165) is 0 Å². The van der Waals surface area contributed by atoms with Crippen molar-refractivity contribution in [2.75, 3.05) is 17.2 Å². The van der Waals surface area contributed by atoms with Crippen LogP contribution in [0.1, 0.15) is 23.3 Å². The zero-order valence-electron chi connectivity index (χ0n) is 9.80. The molecular formula is C11H15N3O3S. The summed E-state index contributed by atoms with van der Waals surface area (Å²) in [5.74, 6) is -0.179. The second-order valence-electron chi connectivity index (χ2n) is 4.40. The van der Waals surface area contributed by atoms with Crippen molar-refractivity contribution in [1.29, 1.82) is 0 Å². The van der Waals surface area contributed by atoms with Crippen LogP contribution < -0.4 is 11.1 Å². The van der Waals surface area contributed by atoms with E-state index in [1.165, 1.54) is 12.3 Å². The lowest BCUT2D eigenvalue weighted by Crippen LogP contribution is -2.43. The van der Waals surface area contributed by atoms with E-state index in [-0.39, 0.29) is 29.1 Å². The Hall–Kier alpha value is -1.63. The minimum Gasteiger partial charge on any atom is -0.399 e. The monoisotopic (exact) mass is 269 g/mol. The zero-order chi connectivity index (χ0) is 13.2. The third kappa shape index (κ3) is 3.19. The van der Waals surface area contributed by atoms with Gasteiger partial charge in [-0.3, -0.25) is 9.78 Å². The van der Waals surface area contributed by atoms with Gasteiger partial charge in [-0.15, -0.1) is 0 Å². The summed E-state index contributed by atoms with van der Waals surface area (Å²) in [5.41, 5.74) is 6.21. The van der Waals surface area contributed by atoms with Gasteiger partial charge in [0.05, 0.1) is 11.5 Å². The number of anilines is 1. The molecule has 0 saturated carbocycles. The average molecular weight is 269 g/mol. The lowest BCUT2D eigenvalue weighted by Gasteiger charge is -2.22. The first-order valence-electron chi connectivity index (χ1n) is 5.69. The van der Waals surface area contributed by atoms with Crippen LogP contribution in [0.15, 0.2) is 18.3 Å². The van der Waals surface area contributed by atoms with Gasteiger partial charge in [0.15, 0.2) is 9.84 Å². The number of amides is 1. The summed E-state index contributed by atoms with van der Waals surface area (Å²) in [7, 11) is -3.03. The molecule has 1 aliphatic rings. The first kappa shape index (κ1) is 12.8. The third-order valence-corrected chi connectivity index (χ3v) is 4.64. The molecule has 1 saturated heterocycles. The van der Waals surface area contributed by atoms with Crippen molar-refractivity contribution in [3.8, 4) is 0 Å². The van der Waals surface area contributed by atoms with E-state index >= 15 is 0 Å². The molecule has 0 bridgehead atoms. The van der Waals surface area contributed by atoms with Gasteiger partial charge in [0.25, 0.3) is 5.91 Å². The fraction of sp³-hybridized carbons (Fsp3) is 0.455. The molecule has 2 heterocycles. The van der Waals surface area contributed by atoms with Crippen molar-refractivity contribution in [3.05, 3.63) is 24.0 Å². The van der Waals surface area contributed by atoms with Crippen LogP contribution >= 0.6 is 0 Å². The van der Waals surface area contributed by atoms with Gasteiger partial charge < -0.3 is 11.1 Å². The Morgan fingerprint density at radius 3 is 2.94 bits per heavy atom. The quantitative estimate of drug-likeness (QED) is 0.785. The van der Waals surface area contributed by atoms with Gasteiger partial charge in [-0.1, -0.05) is 0 Å². The fourth-order valence-electron chi connectivity index (χ4n) is 1.97. The van der Waals surface area contributed by atoms with Crippen LogP contribution in [-0.4, -0.2) is 36.9 Å². The number of nitrogens with one attached hydrogen (secondary N) is 1. The number of rotatable bonds is 2. The molecule has 0 aliphatic carbocycles. The molecule has 0 radical (unpaired) electrons. The molecule has 1 atom stereocenters. The van der Waals surface area contributed by atoms with Gasteiger partial charge in [0.1, 0.15) is 5.69 Å². The van der Waals surface area contributed by atoms with Gasteiger partial charge in [0, 0.05) is 17.9 Å². The standard InChI is InChI=1S/C11H15N3O3S/c12-8-3-4-13-10(6-8)11(15)14-9-2-1-5-18(16,17)7-9/h3-4,6,9H,1-2,5,7H2,(H2,12,13)(H,14,15). The molecule has 18 heavy (non-hydrogen) atoms. The van der Waals surface area contributed by atoms with Crippen LogP contribution in [-0.2, 0) is 9.84 Å². The first-order chi connectivity index (χ1) is 8.46. The van der Waals surface area contributed by atoms with Crippen molar-refractivity contribution in [1.82, 2.24) is 10.3 Å². The SMILES string of the molecule is Nc1ccnc(C(=O)NC2CCCS(=O)(=O)C2)c1. The molecule has 0 spiro atoms. The molecular weight excluding hydrogens is 254 g/mol. The van der Waals surface area contributed by atoms with E-state index < -0.39 is 9.84 Å². The van der Waals surface area contributed by atoms with Crippen LogP contribution in [0.3, 0.4) is 0 Å². The predicted molar refractivity (Wildman–Crippen MR) is 67.8 cm³/mol. The summed E-state index contributed by atoms with van der Waals surface area (Å²) < 4.78 is 22.9. The summed E-state index contributed by atoms with van der Waals surface area (Å²) in [6.07, 6.45) is 2.70. The topological polar surface area (TPSA) is 102 Å². The van der Waals surface area contributed by atoms with E-state index in [4.69, 9.17) is 5.73 Å². The van der Waals surface area contributed by atoms with Crippen molar-refractivity contribution in [3.63, 3.8) is 0 Å². The molecule has 7 heteroatoms. The lowest BCUT2D eigenvalue weighted by molar-refractivity contribution is 0.0933. The summed E-state index contributed by atoms with van der Waals surface area (Å²) in [5, 5.41) is 2.68. The number of hydrogen-bond acceptors (Lipinski definition) is 5. The van der Waals surface area contributed by atoms with E-state index in [1.54, 1.807) is 6.07 Å². The average Bonchev–Trinajstić information content (AvgIpc) is 2.27. The van der Waals surface area contributed by atoms with Crippen LogP contribution in [0.5, 0.6) is 0 Å². The molecule has 98 valence electrons. The predicted octanol–water partition coefficient (Wildman–Crippen LogP) is -0.0292. The van der Waals surface area contributed by atoms with Gasteiger partial charge in [0.2, 0.25) is 0 Å². The summed E-state index contributed by atoms with van der Waals surface area (Å²) in [6, 6.07) is 2.72. The van der Waals surface area contributed by atoms with E-state index in [9.17, 15) is 13.2 Å². The maximum absolute atomic E-state index is 11.9. The summed E-state index contributed by atoms with van der Waals surface area (Å²) in [6.45, 7) is 0. The van der Waals surface area contributed by atoms with Crippen LogP contribution in [0.25, 0.3) is 0 Å². The second kappa shape index (κ2) is 4.93. The van der Waals surface area contributed by atoms with Gasteiger partial charge in [-0.25, -0.2) is 8.42 Å². The highest BCUT2D eigenvalue weighted by Gasteiger charge is 2.26. The zero-order valence-corrected chi connectivity index (χ0v) is 10.6. The minimum absolute atomic E-state index is 0.00105. The largest absolute Gasteiger partial charge is 0.399 e. The van der Waals surface area contributed by atoms with Gasteiger partial charge in [-0.2, -0.15) is 0 Å². The van der Waals surface area contributed by atoms with Gasteiger partial charge >= 0.3 is 0 Å². The third-order valence-electron chi connectivity index (χ3n) is 2.81. The van der Waals surface area contributed by atoms with Crippen molar-refractivity contribution < 1.29 is 13.2 Å². The highest BCUT2D eigenvalue weighted by atomic mass is 32.2. The highest BCUT2D eigenvalue weighted by Crippen LogP contribution is 2.12. The molecule has 6 nitrogen and oxygen atoms in total. The molecule has 3 N–H and O–H groups in total. The van der Waals surface area contributed by atoms with Gasteiger partial charge in [-0.05, 0) is 25.0 Å². The number of sulfone groups is 1. The number of hydrogen-bond donors (Lipinski definition) is 2. The minimum atomic E-state index is -3.03. The molecule has 1 aromatic heterocycles. The number of nitrogen functional groups attached to an aromatic ring is 1. The van der Waals surface area contributed by atoms with E-state index in [0.29, 0.717) is 18.5 Å². The maximum atomic E-state index is 11.9. The normalized spacial score (nSPS) is 22.3. The Morgan fingerprint density at radius 1 is 1.50 bits per heavy atom. The summed E-state index contributed by atoms with van der Waals surface area (Å²) >= 11 is 0. The highest BCUT2D eigenvalue weighted by molar-refractivity contribution is 7.91. The Bertz CT molecular complexity index is 556. The maximum Gasteiger partial charge on any atom is 0.270 e. The fourth-order valence-corrected chi connectivity index (χ4v) is 3.60. The molecule has 1 fully saturated rings. The Labute approximate surface area is 106 Å².